The highest BCUT2D eigenvalue weighted by Gasteiger charge is 2.40. The topological polar surface area (TPSA) is 89.7 Å². The lowest BCUT2D eigenvalue weighted by Gasteiger charge is -2.26. The Labute approximate surface area is 151 Å². The lowest BCUT2D eigenvalue weighted by atomic mass is 10.0. The summed E-state index contributed by atoms with van der Waals surface area (Å²) in [7, 11) is 0. The van der Waals surface area contributed by atoms with Crippen LogP contribution in [0.2, 0.25) is 0 Å². The van der Waals surface area contributed by atoms with Crippen molar-refractivity contribution >= 4 is 17.7 Å². The smallest absolute Gasteiger partial charge is 0.262 e. The van der Waals surface area contributed by atoms with E-state index in [9.17, 15) is 14.4 Å². The van der Waals surface area contributed by atoms with E-state index in [4.69, 9.17) is 10.5 Å². The molecule has 6 nitrogen and oxygen atoms in total. The minimum absolute atomic E-state index is 0.138. The second kappa shape index (κ2) is 7.39. The van der Waals surface area contributed by atoms with E-state index in [1.54, 1.807) is 48.5 Å². The molecule has 3 amide bonds. The Bertz CT molecular complexity index is 810. The molecule has 0 aromatic heterocycles. The van der Waals surface area contributed by atoms with E-state index in [0.29, 0.717) is 29.0 Å². The highest BCUT2D eigenvalue weighted by atomic mass is 16.5. The molecule has 1 atom stereocenters. The van der Waals surface area contributed by atoms with Crippen molar-refractivity contribution in [1.82, 2.24) is 4.90 Å². The SMILES string of the molecule is CCCOc1ccc(C(CC(N)=O)N2C(=O)c3ccccc3C2=O)cc1. The summed E-state index contributed by atoms with van der Waals surface area (Å²) in [6, 6.07) is 12.9. The largest absolute Gasteiger partial charge is 0.494 e. The Morgan fingerprint density at radius 2 is 1.62 bits per heavy atom. The summed E-state index contributed by atoms with van der Waals surface area (Å²) in [6.45, 7) is 2.61. The summed E-state index contributed by atoms with van der Waals surface area (Å²) in [6.07, 6.45) is 0.752. The minimum atomic E-state index is -0.750. The fourth-order valence-electron chi connectivity index (χ4n) is 3.05. The van der Waals surface area contributed by atoms with E-state index in [-0.39, 0.29) is 6.42 Å². The molecule has 2 aromatic rings. The number of fused-ring (bicyclic) bond motifs is 1. The van der Waals surface area contributed by atoms with Crippen LogP contribution in [0, 0.1) is 0 Å². The van der Waals surface area contributed by atoms with Gasteiger partial charge in [0.2, 0.25) is 5.91 Å². The van der Waals surface area contributed by atoms with Crippen molar-refractivity contribution in [3.63, 3.8) is 0 Å². The lowest BCUT2D eigenvalue weighted by molar-refractivity contribution is -0.118. The van der Waals surface area contributed by atoms with Crippen LogP contribution < -0.4 is 10.5 Å². The maximum atomic E-state index is 12.7. The monoisotopic (exact) mass is 352 g/mol. The van der Waals surface area contributed by atoms with Gasteiger partial charge in [-0.15, -0.1) is 0 Å². The molecule has 26 heavy (non-hydrogen) atoms. The molecule has 0 saturated heterocycles. The predicted octanol–water partition coefficient (Wildman–Crippen LogP) is 2.69. The number of imide groups is 1. The number of nitrogens with zero attached hydrogens (tertiary/aromatic N) is 1. The first-order valence-corrected chi connectivity index (χ1v) is 8.51. The number of benzene rings is 2. The van der Waals surface area contributed by atoms with Crippen LogP contribution in [0.4, 0.5) is 0 Å². The third-order valence-electron chi connectivity index (χ3n) is 4.27. The summed E-state index contributed by atoms with van der Waals surface area (Å²) < 4.78 is 5.55. The number of hydrogen-bond acceptors (Lipinski definition) is 4. The van der Waals surface area contributed by atoms with Gasteiger partial charge in [0.1, 0.15) is 5.75 Å². The van der Waals surface area contributed by atoms with Gasteiger partial charge in [0.05, 0.1) is 30.2 Å². The molecule has 0 aliphatic carbocycles. The first kappa shape index (κ1) is 17.7. The van der Waals surface area contributed by atoms with E-state index in [0.717, 1.165) is 11.3 Å². The standard InChI is InChI=1S/C20H20N2O4/c1-2-11-26-14-9-7-13(8-10-14)17(12-18(21)23)22-19(24)15-5-3-4-6-16(15)20(22)25/h3-10,17H,2,11-12H2,1H3,(H2,21,23). The molecular formula is C20H20N2O4. The number of carbonyl (C=O) groups excluding carboxylic acids is 3. The van der Waals surface area contributed by atoms with Crippen molar-refractivity contribution in [2.24, 2.45) is 5.73 Å². The number of ether oxygens (including phenoxy) is 1. The van der Waals surface area contributed by atoms with Gasteiger partial charge in [-0.1, -0.05) is 31.2 Å². The molecule has 1 unspecified atom stereocenters. The zero-order valence-electron chi connectivity index (χ0n) is 14.5. The Balaban J connectivity index is 1.93. The van der Waals surface area contributed by atoms with E-state index < -0.39 is 23.8 Å². The average Bonchev–Trinajstić information content (AvgIpc) is 2.90. The predicted molar refractivity (Wildman–Crippen MR) is 95.7 cm³/mol. The highest BCUT2D eigenvalue weighted by molar-refractivity contribution is 6.21. The van der Waals surface area contributed by atoms with E-state index in [1.807, 2.05) is 6.92 Å². The Hall–Kier alpha value is -3.15. The average molecular weight is 352 g/mol. The van der Waals surface area contributed by atoms with Crippen molar-refractivity contribution in [1.29, 1.82) is 0 Å². The zero-order chi connectivity index (χ0) is 18.7. The van der Waals surface area contributed by atoms with E-state index in [2.05, 4.69) is 0 Å². The van der Waals surface area contributed by atoms with Crippen molar-refractivity contribution in [3.8, 4) is 5.75 Å². The summed E-state index contributed by atoms with van der Waals surface area (Å²) in [5, 5.41) is 0. The lowest BCUT2D eigenvalue weighted by Crippen LogP contribution is -2.36. The van der Waals surface area contributed by atoms with Crippen LogP contribution in [0.25, 0.3) is 0 Å². The van der Waals surface area contributed by atoms with Crippen molar-refractivity contribution in [2.75, 3.05) is 6.61 Å². The van der Waals surface area contributed by atoms with Gasteiger partial charge in [0.15, 0.2) is 0 Å². The van der Waals surface area contributed by atoms with Gasteiger partial charge in [-0.3, -0.25) is 19.3 Å². The van der Waals surface area contributed by atoms with Crippen LogP contribution in [-0.2, 0) is 4.79 Å². The molecule has 0 bridgehead atoms. The molecule has 2 aromatic carbocycles. The van der Waals surface area contributed by atoms with Crippen molar-refractivity contribution in [2.45, 2.75) is 25.8 Å². The maximum absolute atomic E-state index is 12.7. The van der Waals surface area contributed by atoms with E-state index >= 15 is 0 Å². The van der Waals surface area contributed by atoms with Gasteiger partial charge >= 0.3 is 0 Å². The molecule has 0 spiro atoms. The molecule has 1 aliphatic rings. The third kappa shape index (κ3) is 3.31. The van der Waals surface area contributed by atoms with Crippen LogP contribution in [0.3, 0.4) is 0 Å². The fraction of sp³-hybridized carbons (Fsp3) is 0.250. The van der Waals surface area contributed by atoms with Crippen LogP contribution >= 0.6 is 0 Å². The summed E-state index contributed by atoms with van der Waals surface area (Å²) in [5.41, 5.74) is 6.72. The molecule has 0 saturated carbocycles. The summed E-state index contributed by atoms with van der Waals surface area (Å²) in [5.74, 6) is -0.722. The van der Waals surface area contributed by atoms with Gasteiger partial charge in [-0.2, -0.15) is 0 Å². The number of carbonyl (C=O) groups is 3. The number of nitrogens with two attached hydrogens (primary N) is 1. The first-order chi connectivity index (χ1) is 12.5. The fourth-order valence-corrected chi connectivity index (χ4v) is 3.05. The van der Waals surface area contributed by atoms with Crippen molar-refractivity contribution < 1.29 is 19.1 Å². The molecule has 134 valence electrons. The summed E-state index contributed by atoms with van der Waals surface area (Å²) >= 11 is 0. The Morgan fingerprint density at radius 1 is 1.04 bits per heavy atom. The quantitative estimate of drug-likeness (QED) is 0.776. The van der Waals surface area contributed by atoms with E-state index in [1.165, 1.54) is 0 Å². The van der Waals surface area contributed by atoms with Crippen LogP contribution in [0.15, 0.2) is 48.5 Å². The van der Waals surface area contributed by atoms with Crippen LogP contribution in [-0.4, -0.2) is 29.2 Å². The number of rotatable bonds is 7. The highest BCUT2D eigenvalue weighted by Crippen LogP contribution is 2.34. The van der Waals surface area contributed by atoms with Gasteiger partial charge in [0.25, 0.3) is 11.8 Å². The van der Waals surface area contributed by atoms with Crippen LogP contribution in [0.5, 0.6) is 5.75 Å². The molecule has 2 N–H and O–H groups in total. The number of amides is 3. The van der Waals surface area contributed by atoms with Gasteiger partial charge in [-0.25, -0.2) is 0 Å². The normalized spacial score (nSPS) is 14.3. The van der Waals surface area contributed by atoms with Gasteiger partial charge < -0.3 is 10.5 Å². The third-order valence-corrected chi connectivity index (χ3v) is 4.27. The Morgan fingerprint density at radius 3 is 2.12 bits per heavy atom. The van der Waals surface area contributed by atoms with Gasteiger partial charge in [0, 0.05) is 0 Å². The molecule has 3 rings (SSSR count). The molecule has 0 radical (unpaired) electrons. The van der Waals surface area contributed by atoms with Crippen molar-refractivity contribution in [3.05, 3.63) is 65.2 Å². The van der Waals surface area contributed by atoms with Crippen LogP contribution in [0.1, 0.15) is 52.1 Å². The molecule has 6 heteroatoms. The molecule has 1 aliphatic heterocycles. The first-order valence-electron chi connectivity index (χ1n) is 8.51. The maximum Gasteiger partial charge on any atom is 0.262 e. The number of primary amides is 1. The number of hydrogen-bond donors (Lipinski definition) is 1. The minimum Gasteiger partial charge on any atom is -0.494 e. The zero-order valence-corrected chi connectivity index (χ0v) is 14.5. The summed E-state index contributed by atoms with van der Waals surface area (Å²) in [4.78, 5) is 38.2. The second-order valence-electron chi connectivity index (χ2n) is 6.13. The second-order valence-corrected chi connectivity index (χ2v) is 6.13. The van der Waals surface area contributed by atoms with Gasteiger partial charge in [-0.05, 0) is 36.2 Å². The molecular weight excluding hydrogens is 332 g/mol. The molecule has 0 fully saturated rings. The molecule has 1 heterocycles. The Kier molecular flexibility index (Phi) is 5.02.